The molecule has 3 rings (SSSR count). The molecule has 0 aliphatic heterocycles. The summed E-state index contributed by atoms with van der Waals surface area (Å²) in [6.07, 6.45) is 4.26. The number of methoxy groups -OCH3 is 1. The number of halogens is 1. The van der Waals surface area contributed by atoms with E-state index in [-0.39, 0.29) is 44.4 Å². The minimum atomic E-state index is -1.09. The first-order chi connectivity index (χ1) is 17.3. The lowest BCUT2D eigenvalue weighted by Gasteiger charge is -2.41. The van der Waals surface area contributed by atoms with E-state index in [1.807, 2.05) is 0 Å². The Morgan fingerprint density at radius 2 is 2.06 bits per heavy atom. The summed E-state index contributed by atoms with van der Waals surface area (Å²) in [6.45, 7) is 3.94. The molecule has 2 aliphatic carbocycles. The highest BCUT2D eigenvalue weighted by Crippen LogP contribution is 2.38. The van der Waals surface area contributed by atoms with Crippen molar-refractivity contribution in [3.05, 3.63) is 45.6 Å². The van der Waals surface area contributed by atoms with E-state index in [4.69, 9.17) is 14.6 Å². The van der Waals surface area contributed by atoms with Crippen LogP contribution < -0.4 is 14.8 Å². The topological polar surface area (TPSA) is 129 Å². The number of amides is 2. The lowest BCUT2D eigenvalue weighted by atomic mass is 9.87. The Kier molecular flexibility index (Phi) is 10.6. The van der Waals surface area contributed by atoms with E-state index in [0.29, 0.717) is 45.1 Å². The van der Waals surface area contributed by atoms with Crippen LogP contribution >= 0.6 is 22.6 Å². The number of hydrogen-bond acceptors (Lipinski definition) is 7. The van der Waals surface area contributed by atoms with Crippen molar-refractivity contribution in [2.75, 3.05) is 26.8 Å². The van der Waals surface area contributed by atoms with E-state index in [1.165, 1.54) is 7.11 Å². The number of carbonyl (C=O) groups excluding carboxylic acids is 2. The van der Waals surface area contributed by atoms with Crippen molar-refractivity contribution in [1.29, 1.82) is 0 Å². The molecule has 0 aromatic heterocycles. The highest BCUT2D eigenvalue weighted by molar-refractivity contribution is 14.1. The fraction of sp³-hybridized carbons (Fsp3) is 0.538. The molecule has 4 N–H and O–H groups in total. The summed E-state index contributed by atoms with van der Waals surface area (Å²) in [5.74, 6) is 0.668. The van der Waals surface area contributed by atoms with Crippen LogP contribution in [-0.4, -0.2) is 77.1 Å². The van der Waals surface area contributed by atoms with E-state index in [2.05, 4.69) is 34.5 Å². The van der Waals surface area contributed by atoms with Crippen molar-refractivity contribution in [1.82, 2.24) is 10.2 Å². The standard InChI is InChI=1S/C26H35IN2O7/c1-3-4-5-23(32)29(14-16-6-7-16)20-12-18(26(34)28-8-9-30)13-21(24(20)33)36-25-19(27)10-17(15-31)11-22(25)35-2/h3,10-11,13,16,20-21,24,30-31,33H,1,4-9,12,14-15H2,2H3,(H,28,34). The van der Waals surface area contributed by atoms with E-state index >= 15 is 0 Å². The Morgan fingerprint density at radius 3 is 2.67 bits per heavy atom. The molecule has 1 fully saturated rings. The molecule has 2 aliphatic rings. The number of ether oxygens (including phenoxy) is 2. The SMILES string of the molecule is C=CCCC(=O)N(CC1CC1)C1CC(C(=O)NCCO)=CC(Oc2c(I)cc(CO)cc2OC)C1O. The summed E-state index contributed by atoms with van der Waals surface area (Å²) in [4.78, 5) is 27.8. The number of benzene rings is 1. The van der Waals surface area contributed by atoms with Crippen LogP contribution in [0.2, 0.25) is 0 Å². The Balaban J connectivity index is 1.96. The van der Waals surface area contributed by atoms with Crippen LogP contribution in [0.1, 0.15) is 37.7 Å². The van der Waals surface area contributed by atoms with E-state index < -0.39 is 18.2 Å². The predicted molar refractivity (Wildman–Crippen MR) is 143 cm³/mol. The summed E-state index contributed by atoms with van der Waals surface area (Å²) in [5, 5.41) is 32.8. The van der Waals surface area contributed by atoms with Crippen LogP contribution in [0.3, 0.4) is 0 Å². The number of aliphatic hydroxyl groups is 3. The van der Waals surface area contributed by atoms with Gasteiger partial charge < -0.3 is 35.0 Å². The summed E-state index contributed by atoms with van der Waals surface area (Å²) in [7, 11) is 1.48. The zero-order chi connectivity index (χ0) is 26.2. The van der Waals surface area contributed by atoms with Crippen molar-refractivity contribution in [2.45, 2.75) is 57.0 Å². The first-order valence-corrected chi connectivity index (χ1v) is 13.2. The Labute approximate surface area is 225 Å². The van der Waals surface area contributed by atoms with Crippen molar-refractivity contribution >= 4 is 34.4 Å². The third-order valence-corrected chi connectivity index (χ3v) is 7.18. The molecule has 3 unspecified atom stereocenters. The van der Waals surface area contributed by atoms with Gasteiger partial charge in [0.15, 0.2) is 11.5 Å². The van der Waals surface area contributed by atoms with Gasteiger partial charge in [0.2, 0.25) is 11.8 Å². The quantitative estimate of drug-likeness (QED) is 0.198. The minimum absolute atomic E-state index is 0.0906. The van der Waals surface area contributed by atoms with Gasteiger partial charge in [0, 0.05) is 31.5 Å². The zero-order valence-electron chi connectivity index (χ0n) is 20.5. The average Bonchev–Trinajstić information content (AvgIpc) is 3.70. The lowest BCUT2D eigenvalue weighted by molar-refractivity contribution is -0.138. The van der Waals surface area contributed by atoms with Gasteiger partial charge in [-0.1, -0.05) is 6.08 Å². The Hall–Kier alpha value is -2.15. The van der Waals surface area contributed by atoms with Crippen LogP contribution in [0.4, 0.5) is 0 Å². The van der Waals surface area contributed by atoms with Gasteiger partial charge in [-0.3, -0.25) is 9.59 Å². The number of hydrogen-bond donors (Lipinski definition) is 4. The molecule has 0 heterocycles. The number of nitrogens with zero attached hydrogens (tertiary/aromatic N) is 1. The Morgan fingerprint density at radius 1 is 1.31 bits per heavy atom. The van der Waals surface area contributed by atoms with Crippen LogP contribution in [-0.2, 0) is 16.2 Å². The molecule has 0 spiro atoms. The van der Waals surface area contributed by atoms with Gasteiger partial charge in [-0.25, -0.2) is 0 Å². The third kappa shape index (κ3) is 7.21. The van der Waals surface area contributed by atoms with Gasteiger partial charge in [0.05, 0.1) is 29.9 Å². The molecule has 1 aromatic carbocycles. The lowest BCUT2D eigenvalue weighted by Crippen LogP contribution is -2.55. The molecule has 9 nitrogen and oxygen atoms in total. The number of allylic oxidation sites excluding steroid dienone is 1. The van der Waals surface area contributed by atoms with Crippen molar-refractivity contribution in [3.8, 4) is 11.5 Å². The van der Waals surface area contributed by atoms with Crippen molar-refractivity contribution in [2.24, 2.45) is 5.92 Å². The second-order valence-electron chi connectivity index (χ2n) is 9.10. The maximum Gasteiger partial charge on any atom is 0.247 e. The van der Waals surface area contributed by atoms with Gasteiger partial charge in [-0.2, -0.15) is 0 Å². The van der Waals surface area contributed by atoms with Crippen molar-refractivity contribution in [3.63, 3.8) is 0 Å². The average molecular weight is 614 g/mol. The highest BCUT2D eigenvalue weighted by atomic mass is 127. The normalized spacial score (nSPS) is 21.4. The van der Waals surface area contributed by atoms with Gasteiger partial charge in [-0.05, 0) is 71.5 Å². The second-order valence-corrected chi connectivity index (χ2v) is 10.3. The molecule has 0 saturated heterocycles. The molecule has 2 amide bonds. The highest BCUT2D eigenvalue weighted by Gasteiger charge is 2.42. The fourth-order valence-corrected chi connectivity index (χ4v) is 5.06. The molecule has 1 saturated carbocycles. The number of rotatable bonds is 13. The van der Waals surface area contributed by atoms with Crippen LogP contribution in [0.25, 0.3) is 0 Å². The van der Waals surface area contributed by atoms with Gasteiger partial charge >= 0.3 is 0 Å². The predicted octanol–water partition coefficient (Wildman–Crippen LogP) is 1.91. The summed E-state index contributed by atoms with van der Waals surface area (Å²) < 4.78 is 12.4. The maximum atomic E-state index is 13.2. The van der Waals surface area contributed by atoms with Crippen LogP contribution in [0, 0.1) is 9.49 Å². The third-order valence-electron chi connectivity index (χ3n) is 6.37. The van der Waals surface area contributed by atoms with Gasteiger partial charge in [0.25, 0.3) is 0 Å². The number of nitrogens with one attached hydrogen (secondary N) is 1. The monoisotopic (exact) mass is 614 g/mol. The Bertz CT molecular complexity index is 979. The van der Waals surface area contributed by atoms with E-state index in [0.717, 1.165) is 12.8 Å². The van der Waals surface area contributed by atoms with E-state index in [9.17, 15) is 19.8 Å². The van der Waals surface area contributed by atoms with Gasteiger partial charge in [-0.15, -0.1) is 6.58 Å². The number of carbonyl (C=O) groups is 2. The van der Waals surface area contributed by atoms with Crippen molar-refractivity contribution < 1.29 is 34.4 Å². The molecule has 36 heavy (non-hydrogen) atoms. The fourth-order valence-electron chi connectivity index (χ4n) is 4.26. The number of aliphatic hydroxyl groups excluding tert-OH is 3. The zero-order valence-corrected chi connectivity index (χ0v) is 22.6. The molecule has 3 atom stereocenters. The first kappa shape index (κ1) is 28.4. The molecular formula is C26H35IN2O7. The maximum absolute atomic E-state index is 13.2. The molecule has 10 heteroatoms. The summed E-state index contributed by atoms with van der Waals surface area (Å²) in [5.41, 5.74) is 1.02. The van der Waals surface area contributed by atoms with Crippen LogP contribution in [0.15, 0.2) is 36.4 Å². The van der Waals surface area contributed by atoms with Crippen LogP contribution in [0.5, 0.6) is 11.5 Å². The molecule has 1 aromatic rings. The molecular weight excluding hydrogens is 579 g/mol. The molecule has 0 radical (unpaired) electrons. The minimum Gasteiger partial charge on any atom is -0.493 e. The second kappa shape index (κ2) is 13.4. The smallest absolute Gasteiger partial charge is 0.247 e. The molecule has 198 valence electrons. The largest absolute Gasteiger partial charge is 0.493 e. The summed E-state index contributed by atoms with van der Waals surface area (Å²) in [6, 6.07) is 2.75. The summed E-state index contributed by atoms with van der Waals surface area (Å²) >= 11 is 2.07. The first-order valence-electron chi connectivity index (χ1n) is 12.1. The van der Waals surface area contributed by atoms with E-state index in [1.54, 1.807) is 29.2 Å². The molecule has 0 bridgehead atoms. The van der Waals surface area contributed by atoms with Gasteiger partial charge in [0.1, 0.15) is 12.2 Å².